The first-order valence-corrected chi connectivity index (χ1v) is 16.5. The zero-order chi connectivity index (χ0) is 35.8. The molecular formula is C36H33F2N3O8S. The Hall–Kier alpha value is -5.31. The molecule has 0 bridgehead atoms. The van der Waals surface area contributed by atoms with Crippen LogP contribution in [0.3, 0.4) is 0 Å². The van der Waals surface area contributed by atoms with Gasteiger partial charge in [0.2, 0.25) is 11.8 Å². The van der Waals surface area contributed by atoms with Gasteiger partial charge < -0.3 is 35.6 Å². The summed E-state index contributed by atoms with van der Waals surface area (Å²) in [6, 6.07) is 22.4. The maximum atomic E-state index is 13.7. The lowest BCUT2D eigenvalue weighted by Crippen LogP contribution is -2.57. The van der Waals surface area contributed by atoms with Crippen molar-refractivity contribution in [1.29, 1.82) is 0 Å². The van der Waals surface area contributed by atoms with Crippen molar-refractivity contribution in [2.24, 2.45) is 0 Å². The first kappa shape index (κ1) is 36.0. The number of aliphatic hydroxyl groups is 2. The Morgan fingerprint density at radius 1 is 0.840 bits per heavy atom. The molecule has 1 heterocycles. The summed E-state index contributed by atoms with van der Waals surface area (Å²) >= 11 is 1.24. The first-order chi connectivity index (χ1) is 24.0. The van der Waals surface area contributed by atoms with Crippen molar-refractivity contribution in [2.45, 2.75) is 29.5 Å². The van der Waals surface area contributed by atoms with E-state index in [1.807, 2.05) is 0 Å². The molecule has 260 valence electrons. The van der Waals surface area contributed by atoms with Crippen molar-refractivity contribution in [1.82, 2.24) is 10.6 Å². The van der Waals surface area contributed by atoms with Crippen LogP contribution in [0, 0.1) is 11.6 Å². The topological polar surface area (TPSA) is 165 Å². The summed E-state index contributed by atoms with van der Waals surface area (Å²) in [6.45, 7) is -1.34. The monoisotopic (exact) mass is 705 g/mol. The Bertz CT molecular complexity index is 1800. The number of nitrogens with zero attached hydrogens (tertiary/aromatic N) is 1. The molecule has 14 heteroatoms. The molecule has 1 aliphatic rings. The summed E-state index contributed by atoms with van der Waals surface area (Å²) in [7, 11) is 0. The zero-order valence-corrected chi connectivity index (χ0v) is 27.1. The van der Waals surface area contributed by atoms with Crippen LogP contribution in [0.25, 0.3) is 0 Å². The Labute approximate surface area is 289 Å². The highest BCUT2D eigenvalue weighted by molar-refractivity contribution is 8.00. The molecule has 5 N–H and O–H groups in total. The number of hydrogen-bond donors (Lipinski definition) is 5. The van der Waals surface area contributed by atoms with Gasteiger partial charge in [-0.3, -0.25) is 14.4 Å². The van der Waals surface area contributed by atoms with Gasteiger partial charge in [0.1, 0.15) is 34.7 Å². The third kappa shape index (κ3) is 8.64. The maximum Gasteiger partial charge on any atom is 0.328 e. The van der Waals surface area contributed by atoms with E-state index in [1.165, 1.54) is 65.2 Å². The Morgan fingerprint density at radius 3 is 2.06 bits per heavy atom. The minimum atomic E-state index is -1.57. The molecule has 4 aromatic rings. The number of rotatable bonds is 15. The van der Waals surface area contributed by atoms with Crippen molar-refractivity contribution in [2.75, 3.05) is 23.9 Å². The largest absolute Gasteiger partial charge is 0.484 e. The number of thioether (sulfide) groups is 1. The predicted octanol–water partition coefficient (Wildman–Crippen LogP) is 3.69. The highest BCUT2D eigenvalue weighted by Crippen LogP contribution is 2.46. The minimum absolute atomic E-state index is 0.158. The smallest absolute Gasteiger partial charge is 0.328 e. The van der Waals surface area contributed by atoms with E-state index in [-0.39, 0.29) is 11.7 Å². The van der Waals surface area contributed by atoms with Crippen molar-refractivity contribution in [3.8, 4) is 5.75 Å². The van der Waals surface area contributed by atoms with Crippen molar-refractivity contribution in [3.63, 3.8) is 0 Å². The lowest BCUT2D eigenvalue weighted by Gasteiger charge is -2.47. The van der Waals surface area contributed by atoms with Crippen LogP contribution in [0.5, 0.6) is 5.75 Å². The highest BCUT2D eigenvalue weighted by Gasteiger charge is 2.49. The van der Waals surface area contributed by atoms with E-state index in [2.05, 4.69) is 10.6 Å². The third-order valence-electron chi connectivity index (χ3n) is 7.93. The van der Waals surface area contributed by atoms with Crippen molar-refractivity contribution >= 4 is 41.1 Å². The Balaban J connectivity index is 1.26. The van der Waals surface area contributed by atoms with Gasteiger partial charge in [-0.05, 0) is 65.2 Å². The quantitative estimate of drug-likeness (QED) is 0.116. The summed E-state index contributed by atoms with van der Waals surface area (Å²) in [4.78, 5) is 52.0. The van der Waals surface area contributed by atoms with Gasteiger partial charge in [0.05, 0.1) is 18.8 Å². The fourth-order valence-electron chi connectivity index (χ4n) is 5.31. The molecule has 3 unspecified atom stereocenters. The van der Waals surface area contributed by atoms with Crippen LogP contribution in [-0.4, -0.2) is 69.3 Å². The van der Waals surface area contributed by atoms with Crippen LogP contribution >= 0.6 is 11.8 Å². The number of aliphatic carboxylic acids is 1. The van der Waals surface area contributed by atoms with E-state index >= 15 is 0 Å². The SMILES string of the molecule is O=C(COc1ccc(C2C(SCC(O)c3ccc(F)cc3)C(=O)N2c2ccc(F)cc2)cc1)N[C@@H](C(=O)N[C@@H](CO)C(=O)O)c1ccccc1. The lowest BCUT2D eigenvalue weighted by atomic mass is 9.92. The van der Waals surface area contributed by atoms with Crippen LogP contribution in [0.1, 0.15) is 34.9 Å². The molecule has 50 heavy (non-hydrogen) atoms. The number of carboxylic acid groups (broad SMARTS) is 1. The molecule has 4 aromatic carbocycles. The summed E-state index contributed by atoms with van der Waals surface area (Å²) in [5.74, 6) is -3.63. The van der Waals surface area contributed by atoms with E-state index in [1.54, 1.807) is 54.6 Å². The third-order valence-corrected chi connectivity index (χ3v) is 9.25. The molecule has 5 rings (SSSR count). The molecule has 0 saturated carbocycles. The second kappa shape index (κ2) is 16.4. The lowest BCUT2D eigenvalue weighted by molar-refractivity contribution is -0.143. The van der Waals surface area contributed by atoms with Gasteiger partial charge in [-0.1, -0.05) is 54.6 Å². The van der Waals surface area contributed by atoms with Gasteiger partial charge in [-0.15, -0.1) is 11.8 Å². The molecule has 1 saturated heterocycles. The predicted molar refractivity (Wildman–Crippen MR) is 180 cm³/mol. The Kier molecular flexibility index (Phi) is 11.8. The van der Waals surface area contributed by atoms with Crippen molar-refractivity contribution in [3.05, 3.63) is 131 Å². The molecule has 0 radical (unpaired) electrons. The number of carboxylic acids is 1. The van der Waals surface area contributed by atoms with Crippen LogP contribution < -0.4 is 20.3 Å². The van der Waals surface area contributed by atoms with Crippen LogP contribution in [0.15, 0.2) is 103 Å². The van der Waals surface area contributed by atoms with Gasteiger partial charge in [-0.25, -0.2) is 13.6 Å². The van der Waals surface area contributed by atoms with Gasteiger partial charge >= 0.3 is 5.97 Å². The Morgan fingerprint density at radius 2 is 1.46 bits per heavy atom. The van der Waals surface area contributed by atoms with E-state index < -0.39 is 72.1 Å². The van der Waals surface area contributed by atoms with Crippen LogP contribution in [-0.2, 0) is 19.2 Å². The summed E-state index contributed by atoms with van der Waals surface area (Å²) in [5.41, 5.74) is 2.08. The molecular weight excluding hydrogens is 672 g/mol. The number of nitrogens with one attached hydrogen (secondary N) is 2. The maximum absolute atomic E-state index is 13.7. The van der Waals surface area contributed by atoms with Gasteiger partial charge in [0, 0.05) is 11.4 Å². The number of β-lactam (4-membered cyclic amide) rings is 1. The van der Waals surface area contributed by atoms with Crippen molar-refractivity contribution < 1.29 is 48.0 Å². The zero-order valence-electron chi connectivity index (χ0n) is 26.3. The van der Waals surface area contributed by atoms with Gasteiger partial charge in [0.25, 0.3) is 5.91 Å². The average molecular weight is 706 g/mol. The van der Waals surface area contributed by atoms with E-state index in [0.717, 1.165) is 0 Å². The molecule has 11 nitrogen and oxygen atoms in total. The number of aliphatic hydroxyl groups excluding tert-OH is 2. The minimum Gasteiger partial charge on any atom is -0.484 e. The number of hydrogen-bond acceptors (Lipinski definition) is 8. The number of anilines is 1. The number of amides is 3. The van der Waals surface area contributed by atoms with E-state index in [0.29, 0.717) is 28.1 Å². The normalized spacial score (nSPS) is 17.2. The van der Waals surface area contributed by atoms with Crippen LogP contribution in [0.4, 0.5) is 14.5 Å². The highest BCUT2D eigenvalue weighted by atomic mass is 32.2. The number of ether oxygens (including phenoxy) is 1. The fraction of sp³-hybridized carbons (Fsp3) is 0.222. The molecule has 1 aliphatic heterocycles. The molecule has 0 spiro atoms. The number of benzene rings is 4. The molecule has 5 atom stereocenters. The number of carbonyl (C=O) groups is 4. The standard InChI is InChI=1S/C36H33F2N3O8S/c37-24-10-6-21(7-11-24)29(43)20-50-33-32(41(35(33)46)26-14-12-25(38)13-15-26)23-8-16-27(17-9-23)49-19-30(44)40-31(22-4-2-1-3-5-22)34(45)39-28(18-42)36(47)48/h1-17,28-29,31-33,42-43H,18-20H2,(H,39,45)(H,40,44)(H,47,48)/t28-,29?,31+,32?,33?/m0/s1. The fourth-order valence-corrected chi connectivity index (χ4v) is 6.61. The first-order valence-electron chi connectivity index (χ1n) is 15.4. The summed E-state index contributed by atoms with van der Waals surface area (Å²) < 4.78 is 32.7. The second-order valence-electron chi connectivity index (χ2n) is 11.3. The molecule has 0 aromatic heterocycles. The van der Waals surface area contributed by atoms with Gasteiger partial charge in [-0.2, -0.15) is 0 Å². The number of halogens is 2. The number of carbonyl (C=O) groups excluding carboxylic acids is 3. The molecule has 1 fully saturated rings. The van der Waals surface area contributed by atoms with Crippen LogP contribution in [0.2, 0.25) is 0 Å². The van der Waals surface area contributed by atoms with E-state index in [4.69, 9.17) is 4.74 Å². The average Bonchev–Trinajstić information content (AvgIpc) is 3.12. The summed E-state index contributed by atoms with van der Waals surface area (Å²) in [5, 5.41) is 33.3. The van der Waals surface area contributed by atoms with Gasteiger partial charge in [0.15, 0.2) is 6.61 Å². The molecule has 3 amide bonds. The second-order valence-corrected chi connectivity index (χ2v) is 12.5. The van der Waals surface area contributed by atoms with E-state index in [9.17, 15) is 43.3 Å². The summed E-state index contributed by atoms with van der Waals surface area (Å²) in [6.07, 6.45) is -0.948. The molecule has 0 aliphatic carbocycles.